The van der Waals surface area contributed by atoms with Crippen molar-refractivity contribution in [3.8, 4) is 0 Å². The smallest absolute Gasteiger partial charge is 0.272 e. The van der Waals surface area contributed by atoms with Crippen LogP contribution in [-0.2, 0) is 6.42 Å². The van der Waals surface area contributed by atoms with Gasteiger partial charge >= 0.3 is 6.18 Å². The summed E-state index contributed by atoms with van der Waals surface area (Å²) in [6.07, 6.45) is 5.22. The summed E-state index contributed by atoms with van der Waals surface area (Å²) < 4.78 is 39.5. The van der Waals surface area contributed by atoms with Crippen LogP contribution in [0.15, 0.2) is 65.2 Å². The van der Waals surface area contributed by atoms with Crippen molar-refractivity contribution in [3.63, 3.8) is 0 Å². The van der Waals surface area contributed by atoms with Crippen LogP contribution in [-0.4, -0.2) is 17.9 Å². The molecule has 0 aromatic heterocycles. The van der Waals surface area contributed by atoms with Crippen molar-refractivity contribution in [3.05, 3.63) is 76.9 Å². The first-order chi connectivity index (χ1) is 13.2. The molecule has 1 nitrogen and oxygen atoms in total. The molecule has 0 N–H and O–H groups in total. The van der Waals surface area contributed by atoms with Gasteiger partial charge in [0.25, 0.3) is 0 Å². The summed E-state index contributed by atoms with van der Waals surface area (Å²) in [5, 5.41) is 0. The number of allylic oxidation sites excluding steroid dienone is 6. The van der Waals surface area contributed by atoms with E-state index < -0.39 is 12.2 Å². The minimum Gasteiger partial charge on any atom is -0.272 e. The molecule has 150 valence electrons. The fourth-order valence-electron chi connectivity index (χ4n) is 3.48. The van der Waals surface area contributed by atoms with E-state index >= 15 is 0 Å². The molecule has 2 rings (SSSR count). The van der Waals surface area contributed by atoms with Crippen LogP contribution in [0.5, 0.6) is 0 Å². The van der Waals surface area contributed by atoms with E-state index in [1.165, 1.54) is 29.2 Å². The Morgan fingerprint density at radius 2 is 1.86 bits per heavy atom. The summed E-state index contributed by atoms with van der Waals surface area (Å²) in [5.41, 5.74) is 6.36. The number of hydrogen-bond donors (Lipinski definition) is 0. The van der Waals surface area contributed by atoms with Crippen LogP contribution >= 0.6 is 0 Å². The highest BCUT2D eigenvalue weighted by atomic mass is 19.4. The van der Waals surface area contributed by atoms with Crippen LogP contribution in [0.2, 0.25) is 0 Å². The van der Waals surface area contributed by atoms with E-state index in [0.717, 1.165) is 18.4 Å². The van der Waals surface area contributed by atoms with E-state index in [2.05, 4.69) is 42.8 Å². The molecule has 1 atom stereocenters. The largest absolute Gasteiger partial charge is 0.414 e. The summed E-state index contributed by atoms with van der Waals surface area (Å²) in [6, 6.07) is 4.63. The number of aliphatic imine (C=N–C) groups is 1. The molecule has 1 aliphatic heterocycles. The third-order valence-corrected chi connectivity index (χ3v) is 5.11. The predicted molar refractivity (Wildman–Crippen MR) is 113 cm³/mol. The van der Waals surface area contributed by atoms with Gasteiger partial charge in [0.2, 0.25) is 0 Å². The van der Waals surface area contributed by atoms with Crippen molar-refractivity contribution < 1.29 is 13.2 Å². The summed E-state index contributed by atoms with van der Waals surface area (Å²) in [6.45, 7) is 11.1. The lowest BCUT2D eigenvalue weighted by molar-refractivity contribution is -0.138. The lowest BCUT2D eigenvalue weighted by Crippen LogP contribution is -2.28. The normalized spacial score (nSPS) is 18.2. The van der Waals surface area contributed by atoms with Crippen LogP contribution in [0.1, 0.15) is 50.3 Å². The molecule has 0 bridgehead atoms. The molecule has 1 aromatic carbocycles. The van der Waals surface area contributed by atoms with Gasteiger partial charge in [-0.05, 0) is 80.4 Å². The highest BCUT2D eigenvalue weighted by Crippen LogP contribution is 2.31. The number of aryl methyl sites for hydroxylation is 2. The molecule has 0 saturated carbocycles. The number of halogens is 3. The van der Waals surface area contributed by atoms with Crippen molar-refractivity contribution in [1.29, 1.82) is 0 Å². The number of alkyl halides is 3. The standard InChI is InChI=1S/C24H28F3N/c1-6-8-20(7-2)22-14-11-19(15-17(22)4)10-13-21-12-9-16(3)23(24(25,26)27)28-18(21)5/h6-7,9,11-12,14-15,23H,1,8,10,13H2,2-5H3/b20-7-. The second-order valence-corrected chi connectivity index (χ2v) is 7.22. The Morgan fingerprint density at radius 1 is 1.14 bits per heavy atom. The predicted octanol–water partition coefficient (Wildman–Crippen LogP) is 7.19. The molecule has 28 heavy (non-hydrogen) atoms. The molecule has 1 heterocycles. The number of nitrogens with zero attached hydrogens (tertiary/aromatic N) is 1. The Labute approximate surface area is 166 Å². The second kappa shape index (κ2) is 9.22. The van der Waals surface area contributed by atoms with Crippen LogP contribution in [0.3, 0.4) is 0 Å². The molecule has 0 amide bonds. The van der Waals surface area contributed by atoms with Crippen LogP contribution < -0.4 is 0 Å². The van der Waals surface area contributed by atoms with Gasteiger partial charge in [0.05, 0.1) is 0 Å². The summed E-state index contributed by atoms with van der Waals surface area (Å²) in [5.74, 6) is 0. The summed E-state index contributed by atoms with van der Waals surface area (Å²) in [7, 11) is 0. The molecule has 0 aliphatic carbocycles. The lowest BCUT2D eigenvalue weighted by Gasteiger charge is -2.17. The van der Waals surface area contributed by atoms with E-state index in [0.29, 0.717) is 12.1 Å². The summed E-state index contributed by atoms with van der Waals surface area (Å²) in [4.78, 5) is 3.95. The van der Waals surface area contributed by atoms with Gasteiger partial charge in [-0.15, -0.1) is 6.58 Å². The first-order valence-corrected chi connectivity index (χ1v) is 9.52. The minimum atomic E-state index is -4.35. The average molecular weight is 387 g/mol. The highest BCUT2D eigenvalue weighted by molar-refractivity contribution is 5.99. The maximum atomic E-state index is 13.2. The molecular weight excluding hydrogens is 359 g/mol. The van der Waals surface area contributed by atoms with Crippen molar-refractivity contribution >= 4 is 11.3 Å². The van der Waals surface area contributed by atoms with Gasteiger partial charge in [0.1, 0.15) is 0 Å². The fraction of sp³-hybridized carbons (Fsp3) is 0.375. The minimum absolute atomic E-state index is 0.225. The molecule has 0 spiro atoms. The Balaban J connectivity index is 2.16. The van der Waals surface area contributed by atoms with E-state index in [4.69, 9.17) is 0 Å². The van der Waals surface area contributed by atoms with Gasteiger partial charge in [-0.2, -0.15) is 13.2 Å². The number of benzene rings is 1. The van der Waals surface area contributed by atoms with Crippen molar-refractivity contribution in [2.24, 2.45) is 4.99 Å². The number of rotatable bonds is 6. The Morgan fingerprint density at radius 3 is 2.43 bits per heavy atom. The van der Waals surface area contributed by atoms with E-state index in [9.17, 15) is 13.2 Å². The zero-order valence-electron chi connectivity index (χ0n) is 17.0. The molecule has 1 aliphatic rings. The van der Waals surface area contributed by atoms with E-state index in [1.54, 1.807) is 19.1 Å². The SMILES string of the molecule is C=CC/C(=C/C)c1ccc(CCC2=CC=C(C)C(C(F)(F)F)N=C2C)cc1C. The van der Waals surface area contributed by atoms with Crippen molar-refractivity contribution in [2.75, 3.05) is 0 Å². The van der Waals surface area contributed by atoms with Crippen LogP contribution in [0.4, 0.5) is 13.2 Å². The Kier molecular flexibility index (Phi) is 7.22. The van der Waals surface area contributed by atoms with Crippen molar-refractivity contribution in [1.82, 2.24) is 0 Å². The van der Waals surface area contributed by atoms with Gasteiger partial charge < -0.3 is 0 Å². The quantitative estimate of drug-likeness (QED) is 0.458. The van der Waals surface area contributed by atoms with E-state index in [1.807, 2.05) is 13.0 Å². The highest BCUT2D eigenvalue weighted by Gasteiger charge is 2.41. The maximum absolute atomic E-state index is 13.2. The van der Waals surface area contributed by atoms with Gasteiger partial charge in [-0.25, -0.2) is 0 Å². The molecular formula is C24H28F3N. The zero-order valence-corrected chi connectivity index (χ0v) is 17.0. The molecule has 1 aromatic rings. The Hall–Kier alpha value is -2.36. The van der Waals surface area contributed by atoms with Gasteiger partial charge in [-0.3, -0.25) is 4.99 Å². The third-order valence-electron chi connectivity index (χ3n) is 5.11. The first kappa shape index (κ1) is 21.9. The van der Waals surface area contributed by atoms with E-state index in [-0.39, 0.29) is 5.57 Å². The molecule has 1 unspecified atom stereocenters. The monoisotopic (exact) mass is 387 g/mol. The molecule has 0 fully saturated rings. The molecule has 0 radical (unpaired) electrons. The van der Waals surface area contributed by atoms with Gasteiger partial charge in [0, 0.05) is 5.71 Å². The Bertz CT molecular complexity index is 851. The zero-order chi connectivity index (χ0) is 20.9. The molecule has 0 saturated heterocycles. The number of hydrogen-bond acceptors (Lipinski definition) is 1. The van der Waals surface area contributed by atoms with Gasteiger partial charge in [0.15, 0.2) is 6.04 Å². The topological polar surface area (TPSA) is 12.4 Å². The third kappa shape index (κ3) is 5.34. The van der Waals surface area contributed by atoms with Crippen LogP contribution in [0, 0.1) is 6.92 Å². The summed E-state index contributed by atoms with van der Waals surface area (Å²) >= 11 is 0. The van der Waals surface area contributed by atoms with Crippen molar-refractivity contribution in [2.45, 2.75) is 59.2 Å². The first-order valence-electron chi connectivity index (χ1n) is 9.52. The second-order valence-electron chi connectivity index (χ2n) is 7.22. The average Bonchev–Trinajstić information content (AvgIpc) is 2.77. The fourth-order valence-corrected chi connectivity index (χ4v) is 3.48. The van der Waals surface area contributed by atoms with Gasteiger partial charge in [-0.1, -0.05) is 42.5 Å². The lowest BCUT2D eigenvalue weighted by atomic mass is 9.94. The van der Waals surface area contributed by atoms with Crippen LogP contribution in [0.25, 0.3) is 5.57 Å². The molecule has 4 heteroatoms. The maximum Gasteiger partial charge on any atom is 0.414 e.